The number of carbonyl (C=O) groups excluding carboxylic acids is 1. The molecule has 0 spiro atoms. The number of carbonyl (C=O) groups is 1. The minimum atomic E-state index is -0.510. The van der Waals surface area contributed by atoms with Gasteiger partial charge in [0.15, 0.2) is 6.10 Å². The lowest BCUT2D eigenvalue weighted by Crippen LogP contribution is -2.37. The molecule has 0 saturated heterocycles. The van der Waals surface area contributed by atoms with E-state index in [0.29, 0.717) is 6.54 Å². The largest absolute Gasteiger partial charge is 0.481 e. The number of amides is 1. The fourth-order valence-corrected chi connectivity index (χ4v) is 3.16. The van der Waals surface area contributed by atoms with Crippen molar-refractivity contribution in [3.63, 3.8) is 0 Å². The van der Waals surface area contributed by atoms with Crippen molar-refractivity contribution >= 4 is 29.3 Å². The van der Waals surface area contributed by atoms with E-state index in [-0.39, 0.29) is 5.91 Å². The SMILES string of the molecule is Cc1ccccc1OC(C)C(=O)NCCSCc1cccc(Cl)c1. The molecule has 1 N–H and O–H groups in total. The van der Waals surface area contributed by atoms with Crippen LogP contribution in [0, 0.1) is 6.92 Å². The zero-order valence-corrected chi connectivity index (χ0v) is 15.5. The Labute approximate surface area is 152 Å². The van der Waals surface area contributed by atoms with Crippen LogP contribution in [0.4, 0.5) is 0 Å². The lowest BCUT2D eigenvalue weighted by molar-refractivity contribution is -0.127. The second-order valence-electron chi connectivity index (χ2n) is 5.50. The van der Waals surface area contributed by atoms with Gasteiger partial charge in [-0.1, -0.05) is 41.9 Å². The molecule has 1 unspecified atom stereocenters. The van der Waals surface area contributed by atoms with E-state index in [1.807, 2.05) is 49.4 Å². The van der Waals surface area contributed by atoms with Gasteiger partial charge in [-0.3, -0.25) is 4.79 Å². The van der Waals surface area contributed by atoms with Gasteiger partial charge in [-0.2, -0.15) is 11.8 Å². The summed E-state index contributed by atoms with van der Waals surface area (Å²) in [7, 11) is 0. The van der Waals surface area contributed by atoms with Crippen LogP contribution in [0.15, 0.2) is 48.5 Å². The third kappa shape index (κ3) is 6.10. The van der Waals surface area contributed by atoms with Gasteiger partial charge in [0.25, 0.3) is 5.91 Å². The molecular weight excluding hydrogens is 342 g/mol. The van der Waals surface area contributed by atoms with Crippen LogP contribution in [0.25, 0.3) is 0 Å². The van der Waals surface area contributed by atoms with Crippen LogP contribution in [-0.4, -0.2) is 24.3 Å². The van der Waals surface area contributed by atoms with E-state index >= 15 is 0 Å². The first kappa shape index (κ1) is 18.7. The standard InChI is InChI=1S/C19H22ClNO2S/c1-14-6-3-4-9-18(14)23-15(2)19(22)21-10-11-24-13-16-7-5-8-17(20)12-16/h3-9,12,15H,10-11,13H2,1-2H3,(H,21,22). The van der Waals surface area contributed by atoms with Crippen molar-refractivity contribution in [3.8, 4) is 5.75 Å². The topological polar surface area (TPSA) is 38.3 Å². The first-order valence-electron chi connectivity index (χ1n) is 7.88. The van der Waals surface area contributed by atoms with E-state index in [9.17, 15) is 4.79 Å². The van der Waals surface area contributed by atoms with Crippen LogP contribution >= 0.6 is 23.4 Å². The molecule has 5 heteroatoms. The zero-order valence-electron chi connectivity index (χ0n) is 13.9. The Morgan fingerprint density at radius 3 is 2.79 bits per heavy atom. The van der Waals surface area contributed by atoms with Crippen LogP contribution in [0.2, 0.25) is 5.02 Å². The minimum absolute atomic E-state index is 0.0957. The van der Waals surface area contributed by atoms with Crippen LogP contribution in [-0.2, 0) is 10.5 Å². The number of halogens is 1. The van der Waals surface area contributed by atoms with E-state index in [2.05, 4.69) is 11.4 Å². The van der Waals surface area contributed by atoms with Crippen LogP contribution in [0.3, 0.4) is 0 Å². The molecule has 0 aliphatic carbocycles. The molecule has 0 saturated carbocycles. The Balaban J connectivity index is 1.66. The first-order chi connectivity index (χ1) is 11.6. The molecule has 2 rings (SSSR count). The number of thioether (sulfide) groups is 1. The molecule has 2 aromatic carbocycles. The summed E-state index contributed by atoms with van der Waals surface area (Å²) < 4.78 is 5.71. The number of benzene rings is 2. The molecular formula is C19H22ClNO2S. The Morgan fingerprint density at radius 1 is 1.25 bits per heavy atom. The van der Waals surface area contributed by atoms with Crippen molar-refractivity contribution < 1.29 is 9.53 Å². The van der Waals surface area contributed by atoms with E-state index < -0.39 is 6.10 Å². The third-order valence-corrected chi connectivity index (χ3v) is 4.74. The van der Waals surface area contributed by atoms with Crippen LogP contribution in [0.5, 0.6) is 5.75 Å². The second kappa shape index (κ2) is 9.60. The molecule has 0 heterocycles. The highest BCUT2D eigenvalue weighted by Crippen LogP contribution is 2.18. The molecule has 0 aliphatic rings. The molecule has 1 amide bonds. The van der Waals surface area contributed by atoms with E-state index in [4.69, 9.17) is 16.3 Å². The van der Waals surface area contributed by atoms with Crippen molar-refractivity contribution in [1.29, 1.82) is 0 Å². The van der Waals surface area contributed by atoms with Crippen molar-refractivity contribution in [2.45, 2.75) is 25.7 Å². The highest BCUT2D eigenvalue weighted by atomic mass is 35.5. The second-order valence-corrected chi connectivity index (χ2v) is 7.04. The minimum Gasteiger partial charge on any atom is -0.481 e. The van der Waals surface area contributed by atoms with Gasteiger partial charge in [0.2, 0.25) is 0 Å². The smallest absolute Gasteiger partial charge is 0.260 e. The Kier molecular flexibility index (Phi) is 7.47. The number of hydrogen-bond donors (Lipinski definition) is 1. The Bertz CT molecular complexity index is 678. The van der Waals surface area contributed by atoms with Crippen molar-refractivity contribution in [3.05, 3.63) is 64.7 Å². The summed E-state index contributed by atoms with van der Waals surface area (Å²) in [6, 6.07) is 15.5. The monoisotopic (exact) mass is 363 g/mol. The van der Waals surface area contributed by atoms with E-state index in [0.717, 1.165) is 27.8 Å². The number of hydrogen-bond acceptors (Lipinski definition) is 3. The van der Waals surface area contributed by atoms with Gasteiger partial charge in [0.1, 0.15) is 5.75 Å². The van der Waals surface area contributed by atoms with Crippen LogP contribution in [0.1, 0.15) is 18.1 Å². The van der Waals surface area contributed by atoms with E-state index in [1.165, 1.54) is 5.56 Å². The summed E-state index contributed by atoms with van der Waals surface area (Å²) in [4.78, 5) is 12.1. The third-order valence-electron chi connectivity index (χ3n) is 3.47. The molecule has 24 heavy (non-hydrogen) atoms. The van der Waals surface area contributed by atoms with Gasteiger partial charge < -0.3 is 10.1 Å². The number of para-hydroxylation sites is 1. The molecule has 0 radical (unpaired) electrons. The summed E-state index contributed by atoms with van der Waals surface area (Å²) in [5.41, 5.74) is 2.21. The Morgan fingerprint density at radius 2 is 2.04 bits per heavy atom. The van der Waals surface area contributed by atoms with E-state index in [1.54, 1.807) is 18.7 Å². The fraction of sp³-hybridized carbons (Fsp3) is 0.316. The molecule has 0 bridgehead atoms. The normalized spacial score (nSPS) is 11.8. The highest BCUT2D eigenvalue weighted by Gasteiger charge is 2.14. The van der Waals surface area contributed by atoms with Gasteiger partial charge in [0, 0.05) is 23.1 Å². The molecule has 0 aliphatic heterocycles. The van der Waals surface area contributed by atoms with Crippen molar-refractivity contribution in [2.24, 2.45) is 0 Å². The van der Waals surface area contributed by atoms with Crippen molar-refractivity contribution in [1.82, 2.24) is 5.32 Å². The molecule has 0 fully saturated rings. The summed E-state index contributed by atoms with van der Waals surface area (Å²) >= 11 is 7.72. The molecule has 3 nitrogen and oxygen atoms in total. The quantitative estimate of drug-likeness (QED) is 0.703. The highest BCUT2D eigenvalue weighted by molar-refractivity contribution is 7.98. The lowest BCUT2D eigenvalue weighted by atomic mass is 10.2. The number of ether oxygens (including phenoxy) is 1. The number of rotatable bonds is 8. The van der Waals surface area contributed by atoms with Gasteiger partial charge in [-0.25, -0.2) is 0 Å². The molecule has 128 valence electrons. The molecule has 1 atom stereocenters. The molecule has 0 aromatic heterocycles. The Hall–Kier alpha value is -1.65. The summed E-state index contributed by atoms with van der Waals surface area (Å²) in [5.74, 6) is 2.37. The average Bonchev–Trinajstić information content (AvgIpc) is 2.56. The maximum Gasteiger partial charge on any atom is 0.260 e. The maximum absolute atomic E-state index is 12.1. The predicted molar refractivity (Wildman–Crippen MR) is 102 cm³/mol. The van der Waals surface area contributed by atoms with Gasteiger partial charge in [-0.15, -0.1) is 0 Å². The van der Waals surface area contributed by atoms with Gasteiger partial charge in [0.05, 0.1) is 0 Å². The van der Waals surface area contributed by atoms with Crippen molar-refractivity contribution in [2.75, 3.05) is 12.3 Å². The van der Waals surface area contributed by atoms with Gasteiger partial charge in [-0.05, 0) is 43.2 Å². The zero-order chi connectivity index (χ0) is 17.4. The molecule has 2 aromatic rings. The predicted octanol–water partition coefficient (Wildman–Crippen LogP) is 4.47. The summed E-state index contributed by atoms with van der Waals surface area (Å²) in [6.07, 6.45) is -0.510. The lowest BCUT2D eigenvalue weighted by Gasteiger charge is -2.16. The summed E-state index contributed by atoms with van der Waals surface area (Å²) in [5, 5.41) is 3.66. The number of nitrogens with one attached hydrogen (secondary N) is 1. The average molecular weight is 364 g/mol. The summed E-state index contributed by atoms with van der Waals surface area (Å²) in [6.45, 7) is 4.35. The maximum atomic E-state index is 12.1. The first-order valence-corrected chi connectivity index (χ1v) is 9.41. The number of aryl methyl sites for hydroxylation is 1. The fourth-order valence-electron chi connectivity index (χ4n) is 2.14. The van der Waals surface area contributed by atoms with Crippen LogP contribution < -0.4 is 10.1 Å². The van der Waals surface area contributed by atoms with Gasteiger partial charge >= 0.3 is 0 Å².